The highest BCUT2D eigenvalue weighted by Gasteiger charge is 2.22. The molecule has 0 aliphatic rings. The number of carbonyl (C=O) groups is 1. The molecule has 3 nitrogen and oxygen atoms in total. The van der Waals surface area contributed by atoms with Crippen LogP contribution in [0.5, 0.6) is 0 Å². The van der Waals surface area contributed by atoms with Gasteiger partial charge in [0.25, 0.3) is 0 Å². The zero-order chi connectivity index (χ0) is 10.5. The van der Waals surface area contributed by atoms with Crippen LogP contribution >= 0.6 is 0 Å². The van der Waals surface area contributed by atoms with Gasteiger partial charge >= 0.3 is 5.97 Å². The molecule has 0 aliphatic carbocycles. The molecule has 3 heteroatoms. The van der Waals surface area contributed by atoms with E-state index < -0.39 is 11.6 Å². The summed E-state index contributed by atoms with van der Waals surface area (Å²) in [6.45, 7) is 5.51. The summed E-state index contributed by atoms with van der Waals surface area (Å²) < 4.78 is 0. The van der Waals surface area contributed by atoms with Crippen LogP contribution in [0, 0.1) is 0 Å². The van der Waals surface area contributed by atoms with Crippen molar-refractivity contribution in [1.29, 1.82) is 0 Å². The number of hydrogen-bond acceptors (Lipinski definition) is 2. The second-order valence-corrected chi connectivity index (χ2v) is 3.89. The molecule has 0 aromatic heterocycles. The summed E-state index contributed by atoms with van der Waals surface area (Å²) in [5, 5.41) is 18.1. The lowest BCUT2D eigenvalue weighted by molar-refractivity contribution is -0.142. The number of hydrogen-bond donors (Lipinski definition) is 2. The van der Waals surface area contributed by atoms with E-state index in [2.05, 4.69) is 0 Å². The third kappa shape index (κ3) is 7.53. The number of aliphatic carboxylic acids is 1. The summed E-state index contributed by atoms with van der Waals surface area (Å²) in [5.41, 5.74) is 0.101. The maximum absolute atomic E-state index is 10.3. The van der Waals surface area contributed by atoms with Gasteiger partial charge in [0.05, 0.1) is 12.0 Å². The fourth-order valence-corrected chi connectivity index (χ4v) is 1.09. The molecule has 0 rings (SSSR count). The Hall–Kier alpha value is -0.830. The highest BCUT2D eigenvalue weighted by atomic mass is 16.4. The third-order valence-corrected chi connectivity index (χ3v) is 1.77. The normalized spacial score (nSPS) is 14.8. The van der Waals surface area contributed by atoms with Crippen LogP contribution < -0.4 is 0 Å². The first kappa shape index (κ1) is 12.2. The minimum absolute atomic E-state index is 0.191. The minimum Gasteiger partial charge on any atom is -0.481 e. The molecule has 0 fully saturated rings. The van der Waals surface area contributed by atoms with Crippen molar-refractivity contribution in [2.45, 2.75) is 45.6 Å². The van der Waals surface area contributed by atoms with Gasteiger partial charge in [-0.1, -0.05) is 11.6 Å². The van der Waals surface area contributed by atoms with Crippen LogP contribution in [0.2, 0.25) is 0 Å². The van der Waals surface area contributed by atoms with Gasteiger partial charge in [-0.25, -0.2) is 0 Å². The van der Waals surface area contributed by atoms with Gasteiger partial charge in [0.15, 0.2) is 0 Å². The van der Waals surface area contributed by atoms with E-state index in [1.54, 1.807) is 6.92 Å². The average Bonchev–Trinajstić information content (AvgIpc) is 1.81. The van der Waals surface area contributed by atoms with E-state index in [0.29, 0.717) is 6.42 Å². The fraction of sp³-hybridized carbons (Fsp3) is 0.700. The minimum atomic E-state index is -1.09. The monoisotopic (exact) mass is 186 g/mol. The Bertz CT molecular complexity index is 200. The first-order chi connectivity index (χ1) is 5.83. The molecule has 0 unspecified atom stereocenters. The first-order valence-electron chi connectivity index (χ1n) is 4.41. The van der Waals surface area contributed by atoms with Gasteiger partial charge in [-0.05, 0) is 33.6 Å². The molecule has 0 heterocycles. The van der Waals surface area contributed by atoms with Crippen LogP contribution in [0.3, 0.4) is 0 Å². The number of aliphatic hydroxyl groups is 1. The van der Waals surface area contributed by atoms with Crippen LogP contribution in [-0.2, 0) is 4.79 Å². The molecular formula is C10H18O3. The summed E-state index contributed by atoms with van der Waals surface area (Å²) >= 11 is 0. The Morgan fingerprint density at radius 1 is 1.46 bits per heavy atom. The number of allylic oxidation sites excluding steroid dienone is 2. The van der Waals surface area contributed by atoms with E-state index in [9.17, 15) is 9.90 Å². The van der Waals surface area contributed by atoms with E-state index in [-0.39, 0.29) is 6.42 Å². The Balaban J connectivity index is 3.89. The van der Waals surface area contributed by atoms with Crippen LogP contribution in [0.25, 0.3) is 0 Å². The number of rotatable bonds is 5. The van der Waals surface area contributed by atoms with E-state index in [1.165, 1.54) is 5.57 Å². The molecule has 1 atom stereocenters. The summed E-state index contributed by atoms with van der Waals surface area (Å²) in [4.78, 5) is 10.3. The zero-order valence-electron chi connectivity index (χ0n) is 8.50. The molecule has 0 spiro atoms. The van der Waals surface area contributed by atoms with Gasteiger partial charge in [-0.2, -0.15) is 0 Å². The fourth-order valence-electron chi connectivity index (χ4n) is 1.09. The summed E-state index contributed by atoms with van der Waals surface area (Å²) in [6.07, 6.45) is 3.02. The highest BCUT2D eigenvalue weighted by Crippen LogP contribution is 2.17. The van der Waals surface area contributed by atoms with Crippen LogP contribution in [0.1, 0.15) is 40.0 Å². The maximum Gasteiger partial charge on any atom is 0.306 e. The van der Waals surface area contributed by atoms with Crippen molar-refractivity contribution in [3.63, 3.8) is 0 Å². The van der Waals surface area contributed by atoms with Gasteiger partial charge in [0.2, 0.25) is 0 Å². The van der Waals surface area contributed by atoms with E-state index in [1.807, 2.05) is 19.9 Å². The molecule has 0 saturated heterocycles. The van der Waals surface area contributed by atoms with Crippen molar-refractivity contribution in [2.24, 2.45) is 0 Å². The Labute approximate surface area is 79.1 Å². The lowest BCUT2D eigenvalue weighted by Gasteiger charge is -2.19. The predicted octanol–water partition coefficient (Wildman–Crippen LogP) is 1.96. The quantitative estimate of drug-likeness (QED) is 0.645. The summed E-state index contributed by atoms with van der Waals surface area (Å²) in [7, 11) is 0. The van der Waals surface area contributed by atoms with Crippen LogP contribution in [-0.4, -0.2) is 21.8 Å². The molecule has 0 bridgehead atoms. The van der Waals surface area contributed by atoms with E-state index in [0.717, 1.165) is 6.42 Å². The van der Waals surface area contributed by atoms with E-state index >= 15 is 0 Å². The molecule has 0 aliphatic heterocycles. The van der Waals surface area contributed by atoms with Crippen molar-refractivity contribution in [3.8, 4) is 0 Å². The Kier molecular flexibility index (Phi) is 4.70. The molecule has 76 valence electrons. The second-order valence-electron chi connectivity index (χ2n) is 3.89. The maximum atomic E-state index is 10.3. The van der Waals surface area contributed by atoms with Gasteiger partial charge in [0, 0.05) is 0 Å². The molecule has 2 N–H and O–H groups in total. The van der Waals surface area contributed by atoms with Gasteiger partial charge < -0.3 is 10.2 Å². The molecular weight excluding hydrogens is 168 g/mol. The van der Waals surface area contributed by atoms with Crippen molar-refractivity contribution >= 4 is 5.97 Å². The second kappa shape index (κ2) is 5.02. The molecule has 0 aromatic rings. The van der Waals surface area contributed by atoms with Crippen molar-refractivity contribution < 1.29 is 15.0 Å². The Morgan fingerprint density at radius 2 is 2.00 bits per heavy atom. The molecule has 0 aromatic carbocycles. The summed E-state index contributed by atoms with van der Waals surface area (Å²) in [5.74, 6) is -0.956. The first-order valence-corrected chi connectivity index (χ1v) is 4.41. The number of carboxylic acid groups (broad SMARTS) is 1. The van der Waals surface area contributed by atoms with E-state index in [4.69, 9.17) is 5.11 Å². The van der Waals surface area contributed by atoms with Gasteiger partial charge in [-0.3, -0.25) is 4.79 Å². The highest BCUT2D eigenvalue weighted by molar-refractivity contribution is 5.67. The topological polar surface area (TPSA) is 57.5 Å². The smallest absolute Gasteiger partial charge is 0.306 e. The van der Waals surface area contributed by atoms with Gasteiger partial charge in [0.1, 0.15) is 0 Å². The Morgan fingerprint density at radius 3 is 2.38 bits per heavy atom. The lowest BCUT2D eigenvalue weighted by Crippen LogP contribution is -2.27. The van der Waals surface area contributed by atoms with Gasteiger partial charge in [-0.15, -0.1) is 0 Å². The largest absolute Gasteiger partial charge is 0.481 e. The molecule has 13 heavy (non-hydrogen) atoms. The molecule has 0 saturated carbocycles. The zero-order valence-corrected chi connectivity index (χ0v) is 8.50. The van der Waals surface area contributed by atoms with Crippen LogP contribution in [0.4, 0.5) is 0 Å². The predicted molar refractivity (Wildman–Crippen MR) is 51.5 cm³/mol. The third-order valence-electron chi connectivity index (χ3n) is 1.77. The molecule has 0 amide bonds. The van der Waals surface area contributed by atoms with Crippen LogP contribution in [0.15, 0.2) is 11.6 Å². The SMILES string of the molecule is CC(C)=CCC[C@@](C)(O)CC(=O)O. The average molecular weight is 186 g/mol. The lowest BCUT2D eigenvalue weighted by atomic mass is 9.96. The number of carboxylic acids is 1. The van der Waals surface area contributed by atoms with Crippen molar-refractivity contribution in [3.05, 3.63) is 11.6 Å². The van der Waals surface area contributed by atoms with Crippen molar-refractivity contribution in [1.82, 2.24) is 0 Å². The molecule has 0 radical (unpaired) electrons. The van der Waals surface area contributed by atoms with Crippen molar-refractivity contribution in [2.75, 3.05) is 0 Å². The summed E-state index contributed by atoms with van der Waals surface area (Å²) in [6, 6.07) is 0. The standard InChI is InChI=1S/C10H18O3/c1-8(2)5-4-6-10(3,13)7-9(11)12/h5,13H,4,6-7H2,1-3H3,(H,11,12)/t10-/m1/s1.